The van der Waals surface area contributed by atoms with Crippen molar-refractivity contribution in [3.05, 3.63) is 84.2 Å². The molecule has 1 aromatic heterocycles. The zero-order valence-corrected chi connectivity index (χ0v) is 18.4. The molecule has 2 heterocycles. The first kappa shape index (κ1) is 21.6. The van der Waals surface area contributed by atoms with E-state index in [2.05, 4.69) is 11.1 Å². The van der Waals surface area contributed by atoms with Gasteiger partial charge in [0.05, 0.1) is 7.11 Å². The number of aromatic nitrogens is 1. The maximum atomic E-state index is 13.4. The number of methoxy groups -OCH3 is 1. The number of nitrogens with zero attached hydrogens (tertiary/aromatic N) is 3. The van der Waals surface area contributed by atoms with Crippen LogP contribution in [0, 0.1) is 0 Å². The van der Waals surface area contributed by atoms with Gasteiger partial charge < -0.3 is 14.5 Å². The molecular weight excluding hydrogens is 402 g/mol. The number of pyridine rings is 1. The average Bonchev–Trinajstić information content (AvgIpc) is 2.85. The molecule has 0 N–H and O–H groups in total. The van der Waals surface area contributed by atoms with Crippen molar-refractivity contribution in [2.45, 2.75) is 19.4 Å². The van der Waals surface area contributed by atoms with Gasteiger partial charge in [-0.25, -0.2) is 0 Å². The first-order valence-electron chi connectivity index (χ1n) is 10.8. The fourth-order valence-corrected chi connectivity index (χ4v) is 4.16. The first-order valence-corrected chi connectivity index (χ1v) is 10.8. The number of likely N-dealkylation sites (N-methyl/N-ethyl adjacent to an activating group) is 1. The van der Waals surface area contributed by atoms with Crippen LogP contribution in [0.15, 0.2) is 73.1 Å². The van der Waals surface area contributed by atoms with E-state index in [0.717, 1.165) is 16.7 Å². The Hall–Kier alpha value is -3.67. The Labute approximate surface area is 188 Å². The predicted molar refractivity (Wildman–Crippen MR) is 123 cm³/mol. The highest BCUT2D eigenvalue weighted by atomic mass is 16.5. The summed E-state index contributed by atoms with van der Waals surface area (Å²) in [6.07, 6.45) is 3.99. The third kappa shape index (κ3) is 4.49. The molecule has 164 valence electrons. The molecule has 1 unspecified atom stereocenters. The van der Waals surface area contributed by atoms with Crippen LogP contribution in [0.3, 0.4) is 0 Å². The van der Waals surface area contributed by atoms with Crippen LogP contribution in [-0.2, 0) is 11.2 Å². The second-order valence-electron chi connectivity index (χ2n) is 7.80. The molecule has 0 aliphatic carbocycles. The Bertz CT molecular complexity index is 1100. The van der Waals surface area contributed by atoms with Gasteiger partial charge in [0.25, 0.3) is 5.91 Å². The van der Waals surface area contributed by atoms with E-state index in [9.17, 15) is 9.59 Å². The highest BCUT2D eigenvalue weighted by Gasteiger charge is 2.37. The zero-order chi connectivity index (χ0) is 22.5. The lowest BCUT2D eigenvalue weighted by molar-refractivity contribution is -0.139. The lowest BCUT2D eigenvalue weighted by atomic mass is 9.97. The van der Waals surface area contributed by atoms with E-state index in [0.29, 0.717) is 37.4 Å². The quantitative estimate of drug-likeness (QED) is 0.600. The summed E-state index contributed by atoms with van der Waals surface area (Å²) in [5.74, 6) is 0.462. The van der Waals surface area contributed by atoms with Crippen molar-refractivity contribution in [2.24, 2.45) is 0 Å². The molecule has 2 aromatic carbocycles. The molecule has 0 spiro atoms. The third-order valence-electron chi connectivity index (χ3n) is 5.91. The molecule has 1 fully saturated rings. The second kappa shape index (κ2) is 9.64. The number of rotatable bonds is 6. The van der Waals surface area contributed by atoms with Gasteiger partial charge in [-0.05, 0) is 53.9 Å². The lowest BCUT2D eigenvalue weighted by Gasteiger charge is -2.40. The Morgan fingerprint density at radius 1 is 1.03 bits per heavy atom. The number of hydrogen-bond acceptors (Lipinski definition) is 4. The molecule has 2 amide bonds. The molecule has 1 aliphatic heterocycles. The van der Waals surface area contributed by atoms with Crippen molar-refractivity contribution in [2.75, 3.05) is 26.7 Å². The molecule has 6 heteroatoms. The maximum absolute atomic E-state index is 13.4. The summed E-state index contributed by atoms with van der Waals surface area (Å²) in [4.78, 5) is 34.3. The van der Waals surface area contributed by atoms with Gasteiger partial charge in [-0.1, -0.05) is 30.3 Å². The van der Waals surface area contributed by atoms with E-state index >= 15 is 0 Å². The lowest BCUT2D eigenvalue weighted by Crippen LogP contribution is -2.59. The van der Waals surface area contributed by atoms with E-state index < -0.39 is 6.04 Å². The maximum Gasteiger partial charge on any atom is 0.254 e. The fourth-order valence-electron chi connectivity index (χ4n) is 4.16. The SMILES string of the molecule is CCN1CCN(C(=O)c2cccc(OC)c2)C(Cc2cccc(-c3ccncc3)c2)C1=O. The van der Waals surface area contributed by atoms with E-state index in [4.69, 9.17) is 4.74 Å². The number of carbonyl (C=O) groups excluding carboxylic acids is 2. The molecule has 1 atom stereocenters. The van der Waals surface area contributed by atoms with Crippen molar-refractivity contribution < 1.29 is 14.3 Å². The second-order valence-corrected chi connectivity index (χ2v) is 7.80. The molecule has 0 bridgehead atoms. The van der Waals surface area contributed by atoms with Crippen LogP contribution in [0.1, 0.15) is 22.8 Å². The molecule has 32 heavy (non-hydrogen) atoms. The van der Waals surface area contributed by atoms with Crippen molar-refractivity contribution >= 4 is 11.8 Å². The summed E-state index contributed by atoms with van der Waals surface area (Å²) in [5.41, 5.74) is 3.67. The third-order valence-corrected chi connectivity index (χ3v) is 5.91. The Kier molecular flexibility index (Phi) is 6.50. The standard InChI is InChI=1S/C26H27N3O3/c1-3-28-14-15-29(25(30)22-8-5-9-23(18-22)32-2)24(26(28)31)17-19-6-4-7-21(16-19)20-10-12-27-13-11-20/h4-13,16,18,24H,3,14-15,17H2,1-2H3. The normalized spacial score (nSPS) is 16.2. The number of benzene rings is 2. The first-order chi connectivity index (χ1) is 15.6. The van der Waals surface area contributed by atoms with Gasteiger partial charge in [0.15, 0.2) is 0 Å². The molecule has 0 saturated carbocycles. The molecular formula is C26H27N3O3. The zero-order valence-electron chi connectivity index (χ0n) is 18.4. The highest BCUT2D eigenvalue weighted by molar-refractivity contribution is 5.98. The molecule has 3 aromatic rings. The van der Waals surface area contributed by atoms with Gasteiger partial charge in [0.2, 0.25) is 5.91 Å². The summed E-state index contributed by atoms with van der Waals surface area (Å²) in [7, 11) is 1.58. The van der Waals surface area contributed by atoms with Crippen LogP contribution < -0.4 is 4.74 Å². The summed E-state index contributed by atoms with van der Waals surface area (Å²) < 4.78 is 5.28. The van der Waals surface area contributed by atoms with Gasteiger partial charge in [0.1, 0.15) is 11.8 Å². The van der Waals surface area contributed by atoms with Crippen molar-refractivity contribution in [1.29, 1.82) is 0 Å². The van der Waals surface area contributed by atoms with Crippen LogP contribution in [-0.4, -0.2) is 59.4 Å². The van der Waals surface area contributed by atoms with Crippen molar-refractivity contribution in [3.8, 4) is 16.9 Å². The molecule has 6 nitrogen and oxygen atoms in total. The van der Waals surface area contributed by atoms with Gasteiger partial charge in [-0.3, -0.25) is 14.6 Å². The van der Waals surface area contributed by atoms with Crippen LogP contribution >= 0.6 is 0 Å². The van der Waals surface area contributed by atoms with E-state index in [1.807, 2.05) is 42.2 Å². The molecule has 4 rings (SSSR count). The number of carbonyl (C=O) groups is 2. The summed E-state index contributed by atoms with van der Waals surface area (Å²) in [5, 5.41) is 0. The summed E-state index contributed by atoms with van der Waals surface area (Å²) in [6.45, 7) is 3.65. The fraction of sp³-hybridized carbons (Fsp3) is 0.269. The van der Waals surface area contributed by atoms with Crippen LogP contribution in [0.5, 0.6) is 5.75 Å². The summed E-state index contributed by atoms with van der Waals surface area (Å²) >= 11 is 0. The molecule has 1 aliphatic rings. The summed E-state index contributed by atoms with van der Waals surface area (Å²) in [6, 6.07) is 18.6. The van der Waals surface area contributed by atoms with Gasteiger partial charge in [-0.2, -0.15) is 0 Å². The minimum atomic E-state index is -0.546. The smallest absolute Gasteiger partial charge is 0.254 e. The van der Waals surface area contributed by atoms with Gasteiger partial charge in [0, 0.05) is 44.0 Å². The van der Waals surface area contributed by atoms with Crippen LogP contribution in [0.2, 0.25) is 0 Å². The van der Waals surface area contributed by atoms with Crippen LogP contribution in [0.4, 0.5) is 0 Å². The van der Waals surface area contributed by atoms with Crippen molar-refractivity contribution in [1.82, 2.24) is 14.8 Å². The predicted octanol–water partition coefficient (Wildman–Crippen LogP) is 3.67. The minimum absolute atomic E-state index is 0.00990. The van der Waals surface area contributed by atoms with E-state index in [-0.39, 0.29) is 11.8 Å². The highest BCUT2D eigenvalue weighted by Crippen LogP contribution is 2.24. The number of piperazine rings is 1. The van der Waals surface area contributed by atoms with Gasteiger partial charge in [-0.15, -0.1) is 0 Å². The molecule has 1 saturated heterocycles. The number of hydrogen-bond donors (Lipinski definition) is 0. The van der Waals surface area contributed by atoms with Crippen LogP contribution in [0.25, 0.3) is 11.1 Å². The van der Waals surface area contributed by atoms with E-state index in [1.165, 1.54) is 0 Å². The Morgan fingerprint density at radius 3 is 2.56 bits per heavy atom. The topological polar surface area (TPSA) is 62.7 Å². The Morgan fingerprint density at radius 2 is 1.81 bits per heavy atom. The number of amides is 2. The number of ether oxygens (including phenoxy) is 1. The van der Waals surface area contributed by atoms with Crippen molar-refractivity contribution in [3.63, 3.8) is 0 Å². The Balaban J connectivity index is 1.63. The largest absolute Gasteiger partial charge is 0.497 e. The monoisotopic (exact) mass is 429 g/mol. The molecule has 0 radical (unpaired) electrons. The minimum Gasteiger partial charge on any atom is -0.497 e. The van der Waals surface area contributed by atoms with E-state index in [1.54, 1.807) is 48.7 Å². The average molecular weight is 430 g/mol. The van der Waals surface area contributed by atoms with Gasteiger partial charge >= 0.3 is 0 Å².